The maximum atomic E-state index is 5.25. The normalized spacial score (nSPS) is 37.2. The second-order valence-electron chi connectivity index (χ2n) is 2.93. The van der Waals surface area contributed by atoms with Gasteiger partial charge in [-0.15, -0.1) is 0 Å². The predicted molar refractivity (Wildman–Crippen MR) is 40.7 cm³/mol. The molecule has 0 aromatic heterocycles. The molecular formula is C7H16N2O. The second kappa shape index (κ2) is 2.86. The molecule has 60 valence electrons. The van der Waals surface area contributed by atoms with Gasteiger partial charge in [0.2, 0.25) is 0 Å². The minimum atomic E-state index is 0.278. The van der Waals surface area contributed by atoms with Crippen molar-refractivity contribution in [3.63, 3.8) is 0 Å². The van der Waals surface area contributed by atoms with Crippen LogP contribution in [0.5, 0.6) is 0 Å². The Bertz CT molecular complexity index is 118. The van der Waals surface area contributed by atoms with Crippen LogP contribution in [-0.2, 0) is 4.74 Å². The molecule has 3 heteroatoms. The van der Waals surface area contributed by atoms with Gasteiger partial charge in [-0.3, -0.25) is 9.80 Å². The standard InChI is InChI=1S/C7H16N2O/c1-6-8(2)5-7(10-4)9(6)3/h6-7H,5H2,1-4H3. The lowest BCUT2D eigenvalue weighted by molar-refractivity contribution is 0.00579. The van der Waals surface area contributed by atoms with Crippen LogP contribution >= 0.6 is 0 Å². The van der Waals surface area contributed by atoms with Gasteiger partial charge < -0.3 is 4.74 Å². The molecule has 1 aliphatic rings. The molecule has 1 saturated heterocycles. The van der Waals surface area contributed by atoms with Crippen molar-refractivity contribution in [1.29, 1.82) is 0 Å². The Labute approximate surface area is 62.6 Å². The molecule has 3 nitrogen and oxygen atoms in total. The van der Waals surface area contributed by atoms with Gasteiger partial charge in [0.25, 0.3) is 0 Å². The van der Waals surface area contributed by atoms with Gasteiger partial charge in [0.15, 0.2) is 0 Å². The molecule has 2 unspecified atom stereocenters. The first-order valence-corrected chi connectivity index (χ1v) is 3.61. The smallest absolute Gasteiger partial charge is 0.124 e. The van der Waals surface area contributed by atoms with Gasteiger partial charge in [-0.05, 0) is 21.0 Å². The van der Waals surface area contributed by atoms with Crippen LogP contribution in [-0.4, -0.2) is 49.9 Å². The Kier molecular flexibility index (Phi) is 2.28. The summed E-state index contributed by atoms with van der Waals surface area (Å²) in [6.07, 6.45) is 0.782. The molecule has 0 radical (unpaired) electrons. The average molecular weight is 144 g/mol. The van der Waals surface area contributed by atoms with Gasteiger partial charge in [-0.2, -0.15) is 0 Å². The summed E-state index contributed by atoms with van der Waals surface area (Å²) < 4.78 is 5.25. The summed E-state index contributed by atoms with van der Waals surface area (Å²) in [4.78, 5) is 4.49. The summed E-state index contributed by atoms with van der Waals surface area (Å²) in [5, 5.41) is 0. The molecule has 10 heavy (non-hydrogen) atoms. The van der Waals surface area contributed by atoms with Crippen LogP contribution in [0.4, 0.5) is 0 Å². The summed E-state index contributed by atoms with van der Waals surface area (Å²) in [7, 11) is 5.95. The maximum absolute atomic E-state index is 5.25. The molecule has 1 rings (SSSR count). The van der Waals surface area contributed by atoms with E-state index in [-0.39, 0.29) is 6.23 Å². The Hall–Kier alpha value is -0.120. The van der Waals surface area contributed by atoms with Crippen LogP contribution in [0, 0.1) is 0 Å². The highest BCUT2D eigenvalue weighted by atomic mass is 16.5. The Morgan fingerprint density at radius 3 is 2.20 bits per heavy atom. The molecule has 1 aliphatic heterocycles. The highest BCUT2D eigenvalue weighted by Crippen LogP contribution is 2.15. The van der Waals surface area contributed by atoms with Crippen molar-refractivity contribution in [2.45, 2.75) is 19.3 Å². The van der Waals surface area contributed by atoms with Crippen LogP contribution in [0.2, 0.25) is 0 Å². The number of hydrogen-bond donors (Lipinski definition) is 0. The summed E-state index contributed by atoms with van der Waals surface area (Å²) >= 11 is 0. The molecule has 0 N–H and O–H groups in total. The third kappa shape index (κ3) is 1.17. The van der Waals surface area contributed by atoms with E-state index in [2.05, 4.69) is 30.8 Å². The number of rotatable bonds is 1. The molecular weight excluding hydrogens is 128 g/mol. The molecule has 1 heterocycles. The van der Waals surface area contributed by atoms with Crippen LogP contribution in [0.25, 0.3) is 0 Å². The summed E-state index contributed by atoms with van der Waals surface area (Å²) in [6, 6.07) is 0. The van der Waals surface area contributed by atoms with Gasteiger partial charge in [0.05, 0.1) is 6.17 Å². The fourth-order valence-electron chi connectivity index (χ4n) is 1.32. The van der Waals surface area contributed by atoms with E-state index in [1.54, 1.807) is 7.11 Å². The molecule has 1 fully saturated rings. The van der Waals surface area contributed by atoms with Crippen molar-refractivity contribution in [3.05, 3.63) is 0 Å². The molecule has 0 spiro atoms. The van der Waals surface area contributed by atoms with E-state index in [1.807, 2.05) is 0 Å². The Morgan fingerprint density at radius 2 is 2.00 bits per heavy atom. The minimum Gasteiger partial charge on any atom is -0.365 e. The molecule has 0 aromatic rings. The van der Waals surface area contributed by atoms with Gasteiger partial charge in [0, 0.05) is 13.7 Å². The van der Waals surface area contributed by atoms with Crippen molar-refractivity contribution in [2.75, 3.05) is 27.7 Å². The summed E-state index contributed by atoms with van der Waals surface area (Å²) in [5.74, 6) is 0. The van der Waals surface area contributed by atoms with Crippen molar-refractivity contribution < 1.29 is 4.74 Å². The van der Waals surface area contributed by atoms with E-state index < -0.39 is 0 Å². The number of methoxy groups -OCH3 is 1. The molecule has 0 aliphatic carbocycles. The lowest BCUT2D eigenvalue weighted by Crippen LogP contribution is -2.34. The Morgan fingerprint density at radius 1 is 1.40 bits per heavy atom. The zero-order valence-corrected chi connectivity index (χ0v) is 7.16. The lowest BCUT2D eigenvalue weighted by atomic mass is 10.5. The Balaban J connectivity index is 2.53. The van der Waals surface area contributed by atoms with Crippen molar-refractivity contribution in [1.82, 2.24) is 9.80 Å². The van der Waals surface area contributed by atoms with Crippen molar-refractivity contribution in [3.8, 4) is 0 Å². The topological polar surface area (TPSA) is 15.7 Å². The summed E-state index contributed by atoms with van der Waals surface area (Å²) in [5.41, 5.74) is 0. The SMILES string of the molecule is COC1CN(C)C(C)N1C. The fourth-order valence-corrected chi connectivity index (χ4v) is 1.32. The maximum Gasteiger partial charge on any atom is 0.124 e. The molecule has 0 amide bonds. The highest BCUT2D eigenvalue weighted by molar-refractivity contribution is 4.77. The molecule has 2 atom stereocenters. The lowest BCUT2D eigenvalue weighted by Gasteiger charge is -2.21. The zero-order valence-electron chi connectivity index (χ0n) is 7.16. The van der Waals surface area contributed by atoms with Gasteiger partial charge in [0.1, 0.15) is 6.23 Å². The average Bonchev–Trinajstić information content (AvgIpc) is 2.17. The number of nitrogens with zero attached hydrogens (tertiary/aromatic N) is 2. The summed E-state index contributed by atoms with van der Waals surface area (Å²) in [6.45, 7) is 3.19. The van der Waals surface area contributed by atoms with Crippen LogP contribution in [0.3, 0.4) is 0 Å². The van der Waals surface area contributed by atoms with E-state index in [4.69, 9.17) is 4.74 Å². The number of ether oxygens (including phenoxy) is 1. The van der Waals surface area contributed by atoms with Gasteiger partial charge in [-0.25, -0.2) is 0 Å². The molecule has 0 saturated carbocycles. The highest BCUT2D eigenvalue weighted by Gasteiger charge is 2.30. The van der Waals surface area contributed by atoms with Gasteiger partial charge >= 0.3 is 0 Å². The second-order valence-corrected chi connectivity index (χ2v) is 2.93. The van der Waals surface area contributed by atoms with Crippen LogP contribution in [0.15, 0.2) is 0 Å². The van der Waals surface area contributed by atoms with E-state index >= 15 is 0 Å². The minimum absolute atomic E-state index is 0.278. The monoisotopic (exact) mass is 144 g/mol. The molecule has 0 aromatic carbocycles. The fraction of sp³-hybridized carbons (Fsp3) is 1.00. The van der Waals surface area contributed by atoms with Crippen molar-refractivity contribution >= 4 is 0 Å². The largest absolute Gasteiger partial charge is 0.365 e. The zero-order chi connectivity index (χ0) is 7.72. The van der Waals surface area contributed by atoms with Crippen molar-refractivity contribution in [2.24, 2.45) is 0 Å². The third-order valence-corrected chi connectivity index (χ3v) is 2.40. The first kappa shape index (κ1) is 7.98. The first-order valence-electron chi connectivity index (χ1n) is 3.61. The quantitative estimate of drug-likeness (QED) is 0.522. The third-order valence-electron chi connectivity index (χ3n) is 2.40. The van der Waals surface area contributed by atoms with E-state index in [9.17, 15) is 0 Å². The first-order chi connectivity index (χ1) is 4.66. The van der Waals surface area contributed by atoms with Gasteiger partial charge in [-0.1, -0.05) is 0 Å². The van der Waals surface area contributed by atoms with E-state index in [1.165, 1.54) is 0 Å². The molecule has 0 bridgehead atoms. The van der Waals surface area contributed by atoms with Crippen LogP contribution in [0.1, 0.15) is 6.92 Å². The van der Waals surface area contributed by atoms with E-state index in [0.717, 1.165) is 6.54 Å². The number of likely N-dealkylation sites (N-methyl/N-ethyl adjacent to an activating group) is 2. The van der Waals surface area contributed by atoms with Crippen LogP contribution < -0.4 is 0 Å². The van der Waals surface area contributed by atoms with E-state index in [0.29, 0.717) is 6.17 Å². The predicted octanol–water partition coefficient (Wildman–Crippen LogP) is 0.182. The number of hydrogen-bond acceptors (Lipinski definition) is 3.